The van der Waals surface area contributed by atoms with E-state index in [9.17, 15) is 5.11 Å². The zero-order chi connectivity index (χ0) is 8.55. The zero-order valence-corrected chi connectivity index (χ0v) is 6.41. The highest BCUT2D eigenvalue weighted by atomic mass is 16.3. The predicted octanol–water partition coefficient (Wildman–Crippen LogP) is 1.93. The van der Waals surface area contributed by atoms with Crippen molar-refractivity contribution in [2.45, 2.75) is 0 Å². The van der Waals surface area contributed by atoms with Gasteiger partial charge >= 0.3 is 0 Å². The first kappa shape index (κ1) is 6.98. The molecule has 2 aromatic carbocycles. The van der Waals surface area contributed by atoms with Crippen molar-refractivity contribution in [1.29, 1.82) is 0 Å². The number of anilines is 1. The number of phenols is 1. The summed E-state index contributed by atoms with van der Waals surface area (Å²) in [6.45, 7) is 0. The van der Waals surface area contributed by atoms with Gasteiger partial charge in [0.15, 0.2) is 0 Å². The highest BCUT2D eigenvalue weighted by molar-refractivity contribution is 5.96. The first-order chi connectivity index (χ1) is 5.79. The van der Waals surface area contributed by atoms with E-state index >= 15 is 0 Å². The van der Waals surface area contributed by atoms with Crippen LogP contribution in [-0.2, 0) is 0 Å². The summed E-state index contributed by atoms with van der Waals surface area (Å²) in [7, 11) is 0. The predicted molar refractivity (Wildman–Crippen MR) is 48.9 cm³/mol. The average Bonchev–Trinajstić information content (AvgIpc) is 2.07. The van der Waals surface area contributed by atoms with Crippen molar-refractivity contribution >= 4 is 16.5 Å². The highest BCUT2D eigenvalue weighted by Gasteiger charge is 1.99. The molecule has 0 atom stereocenters. The van der Waals surface area contributed by atoms with Crippen LogP contribution in [0.4, 0.5) is 5.69 Å². The van der Waals surface area contributed by atoms with Gasteiger partial charge < -0.3 is 10.8 Å². The van der Waals surface area contributed by atoms with Crippen molar-refractivity contribution in [3.63, 3.8) is 0 Å². The lowest BCUT2D eigenvalue weighted by molar-refractivity contribution is 0.480. The molecule has 0 aliphatic rings. The lowest BCUT2D eigenvalue weighted by atomic mass is 10.1. The number of nitrogens with two attached hydrogens (primary N) is 1. The SMILES string of the molecule is Nc1cccc2c(O)[c]ccc12. The first-order valence-electron chi connectivity index (χ1n) is 3.67. The number of rotatable bonds is 0. The van der Waals surface area contributed by atoms with Gasteiger partial charge in [-0.2, -0.15) is 0 Å². The van der Waals surface area contributed by atoms with Gasteiger partial charge in [0.05, 0.1) is 0 Å². The van der Waals surface area contributed by atoms with Gasteiger partial charge in [0.2, 0.25) is 0 Å². The maximum atomic E-state index is 9.38. The van der Waals surface area contributed by atoms with E-state index in [1.54, 1.807) is 6.07 Å². The van der Waals surface area contributed by atoms with Crippen LogP contribution in [0.2, 0.25) is 0 Å². The van der Waals surface area contributed by atoms with Gasteiger partial charge in [-0.15, -0.1) is 0 Å². The summed E-state index contributed by atoms with van der Waals surface area (Å²) in [6, 6.07) is 11.6. The van der Waals surface area contributed by atoms with Crippen LogP contribution in [0.25, 0.3) is 10.8 Å². The second kappa shape index (κ2) is 2.41. The smallest absolute Gasteiger partial charge is 0.131 e. The van der Waals surface area contributed by atoms with Crippen LogP contribution in [0, 0.1) is 6.07 Å². The van der Waals surface area contributed by atoms with Crippen LogP contribution in [0.3, 0.4) is 0 Å². The fraction of sp³-hybridized carbons (Fsp3) is 0. The molecule has 0 fully saturated rings. The minimum absolute atomic E-state index is 0.153. The quantitative estimate of drug-likeness (QED) is 0.575. The van der Waals surface area contributed by atoms with Crippen molar-refractivity contribution in [3.8, 4) is 5.75 Å². The number of benzene rings is 2. The maximum Gasteiger partial charge on any atom is 0.131 e. The molecule has 0 spiro atoms. The molecule has 0 saturated heterocycles. The second-order valence-corrected chi connectivity index (χ2v) is 2.63. The van der Waals surface area contributed by atoms with E-state index in [2.05, 4.69) is 6.07 Å². The summed E-state index contributed by atoms with van der Waals surface area (Å²) in [6.07, 6.45) is 0. The van der Waals surface area contributed by atoms with Crippen molar-refractivity contribution in [3.05, 3.63) is 36.4 Å². The number of nitrogen functional groups attached to an aromatic ring is 1. The van der Waals surface area contributed by atoms with E-state index in [1.165, 1.54) is 0 Å². The first-order valence-corrected chi connectivity index (χ1v) is 3.67. The minimum Gasteiger partial charge on any atom is -0.507 e. The van der Waals surface area contributed by atoms with Crippen LogP contribution in [0.5, 0.6) is 5.75 Å². The van der Waals surface area contributed by atoms with Gasteiger partial charge in [-0.25, -0.2) is 0 Å². The molecular formula is C10H8NO. The Morgan fingerprint density at radius 2 is 2.00 bits per heavy atom. The molecule has 12 heavy (non-hydrogen) atoms. The molecule has 0 amide bonds. The van der Waals surface area contributed by atoms with Crippen molar-refractivity contribution in [2.24, 2.45) is 0 Å². The second-order valence-electron chi connectivity index (χ2n) is 2.63. The van der Waals surface area contributed by atoms with E-state index in [0.717, 1.165) is 10.8 Å². The Morgan fingerprint density at radius 1 is 1.17 bits per heavy atom. The third-order valence-electron chi connectivity index (χ3n) is 1.87. The zero-order valence-electron chi connectivity index (χ0n) is 6.41. The summed E-state index contributed by atoms with van der Waals surface area (Å²) < 4.78 is 0. The number of hydrogen-bond acceptors (Lipinski definition) is 2. The number of aromatic hydroxyl groups is 1. The summed E-state index contributed by atoms with van der Waals surface area (Å²) >= 11 is 0. The molecule has 59 valence electrons. The lowest BCUT2D eigenvalue weighted by Crippen LogP contribution is -1.85. The monoisotopic (exact) mass is 158 g/mol. The summed E-state index contributed by atoms with van der Waals surface area (Å²) in [4.78, 5) is 0. The Kier molecular flexibility index (Phi) is 1.40. The van der Waals surface area contributed by atoms with Gasteiger partial charge in [0.25, 0.3) is 0 Å². The topological polar surface area (TPSA) is 46.2 Å². The van der Waals surface area contributed by atoms with Crippen LogP contribution in [0.15, 0.2) is 30.3 Å². The summed E-state index contributed by atoms with van der Waals surface area (Å²) in [5.74, 6) is 0.153. The maximum absolute atomic E-state index is 9.38. The minimum atomic E-state index is 0.153. The van der Waals surface area contributed by atoms with Gasteiger partial charge in [0.1, 0.15) is 5.75 Å². The van der Waals surface area contributed by atoms with Crippen molar-refractivity contribution in [1.82, 2.24) is 0 Å². The molecule has 0 aliphatic heterocycles. The molecule has 0 unspecified atom stereocenters. The van der Waals surface area contributed by atoms with Crippen LogP contribution < -0.4 is 5.73 Å². The molecule has 2 rings (SSSR count). The van der Waals surface area contributed by atoms with Crippen molar-refractivity contribution < 1.29 is 5.11 Å². The summed E-state index contributed by atoms with van der Waals surface area (Å²) in [5, 5.41) is 11.0. The van der Waals surface area contributed by atoms with E-state index in [-0.39, 0.29) is 5.75 Å². The van der Waals surface area contributed by atoms with E-state index in [1.807, 2.05) is 24.3 Å². The summed E-state index contributed by atoms with van der Waals surface area (Å²) in [5.41, 5.74) is 6.38. The van der Waals surface area contributed by atoms with Crippen LogP contribution >= 0.6 is 0 Å². The molecule has 0 aliphatic carbocycles. The van der Waals surface area contributed by atoms with Gasteiger partial charge in [-0.1, -0.05) is 18.2 Å². The molecule has 0 bridgehead atoms. The average molecular weight is 158 g/mol. The molecule has 2 aromatic rings. The number of phenolic OH excluding ortho intramolecular Hbond substituents is 1. The Labute approximate surface area is 70.2 Å². The molecule has 1 radical (unpaired) electrons. The standard InChI is InChI=1S/C10H8NO/c11-9-5-1-4-8-7(9)3-2-6-10(8)12/h1-5,12H,11H2. The molecular weight excluding hydrogens is 150 g/mol. The molecule has 3 N–H and O–H groups in total. The largest absolute Gasteiger partial charge is 0.507 e. The number of hydrogen-bond donors (Lipinski definition) is 2. The van der Waals surface area contributed by atoms with Gasteiger partial charge in [-0.05, 0) is 12.1 Å². The normalized spacial score (nSPS) is 10.3. The highest BCUT2D eigenvalue weighted by Crippen LogP contribution is 2.27. The molecule has 0 saturated carbocycles. The van der Waals surface area contributed by atoms with Gasteiger partial charge in [-0.3, -0.25) is 0 Å². The molecule has 2 heteroatoms. The van der Waals surface area contributed by atoms with E-state index < -0.39 is 0 Å². The fourth-order valence-corrected chi connectivity index (χ4v) is 1.26. The molecule has 0 aromatic heterocycles. The van der Waals surface area contributed by atoms with Gasteiger partial charge in [0, 0.05) is 22.5 Å². The van der Waals surface area contributed by atoms with E-state index in [0.29, 0.717) is 5.69 Å². The van der Waals surface area contributed by atoms with Crippen molar-refractivity contribution in [2.75, 3.05) is 5.73 Å². The third kappa shape index (κ3) is 0.889. The molecule has 2 nitrogen and oxygen atoms in total. The number of fused-ring (bicyclic) bond motifs is 1. The Morgan fingerprint density at radius 3 is 2.75 bits per heavy atom. The third-order valence-corrected chi connectivity index (χ3v) is 1.87. The lowest BCUT2D eigenvalue weighted by Gasteiger charge is -2.01. The fourth-order valence-electron chi connectivity index (χ4n) is 1.26. The van der Waals surface area contributed by atoms with Crippen LogP contribution in [0.1, 0.15) is 0 Å². The Hall–Kier alpha value is -1.70. The molecule has 0 heterocycles. The van der Waals surface area contributed by atoms with Crippen LogP contribution in [-0.4, -0.2) is 5.11 Å². The van der Waals surface area contributed by atoms with E-state index in [4.69, 9.17) is 5.73 Å². The Bertz CT molecular complexity index is 382. The Balaban J connectivity index is 2.94.